The van der Waals surface area contributed by atoms with Gasteiger partial charge in [-0.3, -0.25) is 4.72 Å². The van der Waals surface area contributed by atoms with Crippen molar-refractivity contribution in [3.63, 3.8) is 0 Å². The van der Waals surface area contributed by atoms with E-state index in [0.717, 1.165) is 18.2 Å². The summed E-state index contributed by atoms with van der Waals surface area (Å²) in [5.41, 5.74) is 6.00. The highest BCUT2D eigenvalue weighted by molar-refractivity contribution is 7.92. The molecular weight excluding hydrogens is 322 g/mol. The van der Waals surface area contributed by atoms with E-state index in [1.54, 1.807) is 0 Å². The normalized spacial score (nSPS) is 11.4. The Morgan fingerprint density at radius 1 is 1.10 bits per heavy atom. The molecule has 0 aliphatic heterocycles. The van der Waals surface area contributed by atoms with Crippen molar-refractivity contribution < 1.29 is 17.2 Å². The number of nitrogens with one attached hydrogen (secondary N) is 1. The molecule has 0 bridgehead atoms. The maximum atomic E-state index is 13.1. The first kappa shape index (κ1) is 15.7. The van der Waals surface area contributed by atoms with Crippen molar-refractivity contribution in [2.75, 3.05) is 4.72 Å². The van der Waals surface area contributed by atoms with E-state index in [-0.39, 0.29) is 22.2 Å². The minimum atomic E-state index is -4.01. The molecular formula is C13H11ClF2N2O2S. The Kier molecular flexibility index (Phi) is 4.46. The molecule has 0 radical (unpaired) electrons. The Morgan fingerprint density at radius 3 is 2.38 bits per heavy atom. The van der Waals surface area contributed by atoms with Gasteiger partial charge in [0.1, 0.15) is 4.90 Å². The number of halogens is 3. The predicted molar refractivity (Wildman–Crippen MR) is 76.5 cm³/mol. The van der Waals surface area contributed by atoms with Gasteiger partial charge in [0.05, 0.1) is 10.7 Å². The molecule has 0 heterocycles. The summed E-state index contributed by atoms with van der Waals surface area (Å²) in [6.45, 7) is 0.219. The molecule has 0 aliphatic rings. The Morgan fingerprint density at radius 2 is 1.81 bits per heavy atom. The van der Waals surface area contributed by atoms with Crippen LogP contribution in [0.4, 0.5) is 14.5 Å². The first-order valence-electron chi connectivity index (χ1n) is 5.80. The van der Waals surface area contributed by atoms with Crippen molar-refractivity contribution in [2.45, 2.75) is 11.4 Å². The number of hydrogen-bond donors (Lipinski definition) is 2. The van der Waals surface area contributed by atoms with Crippen LogP contribution in [0.5, 0.6) is 0 Å². The fourth-order valence-electron chi connectivity index (χ4n) is 1.66. The van der Waals surface area contributed by atoms with E-state index in [1.165, 1.54) is 18.2 Å². The topological polar surface area (TPSA) is 72.2 Å². The van der Waals surface area contributed by atoms with Crippen LogP contribution < -0.4 is 10.5 Å². The van der Waals surface area contributed by atoms with Crippen LogP contribution in [0.2, 0.25) is 5.02 Å². The second kappa shape index (κ2) is 5.97. The number of anilines is 1. The molecule has 3 N–H and O–H groups in total. The van der Waals surface area contributed by atoms with Crippen LogP contribution in [0, 0.1) is 11.6 Å². The van der Waals surface area contributed by atoms with Gasteiger partial charge in [0.25, 0.3) is 10.0 Å². The molecule has 2 rings (SSSR count). The quantitative estimate of drug-likeness (QED) is 0.904. The average Bonchev–Trinajstić information content (AvgIpc) is 2.42. The Hall–Kier alpha value is -1.70. The Bertz CT molecular complexity index is 782. The summed E-state index contributed by atoms with van der Waals surface area (Å²) in [6, 6.07) is 6.93. The van der Waals surface area contributed by atoms with Gasteiger partial charge >= 0.3 is 0 Å². The molecule has 0 amide bonds. The lowest BCUT2D eigenvalue weighted by Crippen LogP contribution is -2.14. The number of nitrogens with two attached hydrogens (primary N) is 1. The largest absolute Gasteiger partial charge is 0.326 e. The molecule has 0 aromatic heterocycles. The van der Waals surface area contributed by atoms with E-state index in [9.17, 15) is 17.2 Å². The monoisotopic (exact) mass is 332 g/mol. The van der Waals surface area contributed by atoms with Gasteiger partial charge in [-0.2, -0.15) is 0 Å². The van der Waals surface area contributed by atoms with Crippen molar-refractivity contribution in [2.24, 2.45) is 5.73 Å². The van der Waals surface area contributed by atoms with E-state index in [4.69, 9.17) is 17.3 Å². The fourth-order valence-corrected chi connectivity index (χ4v) is 3.28. The molecule has 8 heteroatoms. The lowest BCUT2D eigenvalue weighted by molar-refractivity contribution is 0.509. The van der Waals surface area contributed by atoms with Crippen molar-refractivity contribution in [1.82, 2.24) is 0 Å². The number of rotatable bonds is 4. The second-order valence-corrected chi connectivity index (χ2v) is 6.26. The van der Waals surface area contributed by atoms with Crippen LogP contribution in [-0.4, -0.2) is 8.42 Å². The molecule has 0 spiro atoms. The fraction of sp³-hybridized carbons (Fsp3) is 0.0769. The smallest absolute Gasteiger partial charge is 0.263 e. The van der Waals surface area contributed by atoms with Crippen LogP contribution in [-0.2, 0) is 16.6 Å². The van der Waals surface area contributed by atoms with Crippen LogP contribution in [0.25, 0.3) is 0 Å². The van der Waals surface area contributed by atoms with Gasteiger partial charge in [-0.1, -0.05) is 17.7 Å². The Labute approximate surface area is 125 Å². The maximum Gasteiger partial charge on any atom is 0.263 e. The van der Waals surface area contributed by atoms with Gasteiger partial charge in [-0.05, 0) is 29.8 Å². The summed E-state index contributed by atoms with van der Waals surface area (Å²) in [6.07, 6.45) is 0. The van der Waals surface area contributed by atoms with E-state index in [0.29, 0.717) is 5.56 Å². The second-order valence-electron chi connectivity index (χ2n) is 4.20. The van der Waals surface area contributed by atoms with Crippen LogP contribution in [0.3, 0.4) is 0 Å². The standard InChI is InChI=1S/C13H11ClF2N2O2S/c14-10-5-8(7-17)1-4-13(10)21(19,20)18-9-2-3-11(15)12(16)6-9/h1-6,18H,7,17H2. The first-order valence-corrected chi connectivity index (χ1v) is 7.66. The summed E-state index contributed by atoms with van der Waals surface area (Å²) in [5.74, 6) is -2.22. The third-order valence-corrected chi connectivity index (χ3v) is 4.56. The molecule has 0 fully saturated rings. The van der Waals surface area contributed by atoms with Crippen LogP contribution in [0.15, 0.2) is 41.3 Å². The zero-order valence-electron chi connectivity index (χ0n) is 10.6. The molecule has 4 nitrogen and oxygen atoms in total. The van der Waals surface area contributed by atoms with Gasteiger partial charge < -0.3 is 5.73 Å². The third kappa shape index (κ3) is 3.49. The van der Waals surface area contributed by atoms with Crippen molar-refractivity contribution in [1.29, 1.82) is 0 Å². The zero-order valence-corrected chi connectivity index (χ0v) is 12.2. The summed E-state index contributed by atoms with van der Waals surface area (Å²) < 4.78 is 52.4. The molecule has 0 unspecified atom stereocenters. The molecule has 0 saturated heterocycles. The molecule has 112 valence electrons. The Balaban J connectivity index is 2.36. The lowest BCUT2D eigenvalue weighted by atomic mass is 10.2. The lowest BCUT2D eigenvalue weighted by Gasteiger charge is -2.10. The van der Waals surface area contributed by atoms with Crippen molar-refractivity contribution in [3.05, 3.63) is 58.6 Å². The predicted octanol–water partition coefficient (Wildman–Crippen LogP) is 2.88. The maximum absolute atomic E-state index is 13.1. The minimum Gasteiger partial charge on any atom is -0.326 e. The molecule has 21 heavy (non-hydrogen) atoms. The van der Waals surface area contributed by atoms with Crippen molar-refractivity contribution >= 4 is 27.3 Å². The van der Waals surface area contributed by atoms with Gasteiger partial charge in [0, 0.05) is 12.6 Å². The highest BCUT2D eigenvalue weighted by atomic mass is 35.5. The van der Waals surface area contributed by atoms with E-state index in [2.05, 4.69) is 4.72 Å². The first-order chi connectivity index (χ1) is 9.83. The van der Waals surface area contributed by atoms with Gasteiger partial charge in [-0.15, -0.1) is 0 Å². The van der Waals surface area contributed by atoms with Gasteiger partial charge in [-0.25, -0.2) is 17.2 Å². The third-order valence-electron chi connectivity index (χ3n) is 2.69. The molecule has 0 aliphatic carbocycles. The van der Waals surface area contributed by atoms with Crippen LogP contribution >= 0.6 is 11.6 Å². The molecule has 2 aromatic rings. The van der Waals surface area contributed by atoms with Gasteiger partial charge in [0.2, 0.25) is 0 Å². The highest BCUT2D eigenvalue weighted by Gasteiger charge is 2.19. The summed E-state index contributed by atoms with van der Waals surface area (Å²) in [4.78, 5) is -0.175. The number of sulfonamides is 1. The minimum absolute atomic E-state index is 0.00645. The molecule has 0 atom stereocenters. The summed E-state index contributed by atoms with van der Waals surface area (Å²) in [5, 5.41) is -0.00645. The summed E-state index contributed by atoms with van der Waals surface area (Å²) in [7, 11) is -4.01. The SMILES string of the molecule is NCc1ccc(S(=O)(=O)Nc2ccc(F)c(F)c2)c(Cl)c1. The highest BCUT2D eigenvalue weighted by Crippen LogP contribution is 2.25. The zero-order chi connectivity index (χ0) is 15.6. The van der Waals surface area contributed by atoms with E-state index in [1.807, 2.05) is 0 Å². The molecule has 2 aromatic carbocycles. The summed E-state index contributed by atoms with van der Waals surface area (Å²) >= 11 is 5.91. The number of benzene rings is 2. The average molecular weight is 333 g/mol. The van der Waals surface area contributed by atoms with E-state index >= 15 is 0 Å². The number of hydrogen-bond acceptors (Lipinski definition) is 3. The van der Waals surface area contributed by atoms with E-state index < -0.39 is 21.7 Å². The van der Waals surface area contributed by atoms with Crippen molar-refractivity contribution in [3.8, 4) is 0 Å². The van der Waals surface area contributed by atoms with Gasteiger partial charge in [0.15, 0.2) is 11.6 Å². The van der Waals surface area contributed by atoms with Crippen LogP contribution in [0.1, 0.15) is 5.56 Å². The molecule has 0 saturated carbocycles.